The number of nitrogens with zero attached hydrogens (tertiary/aromatic N) is 1. The minimum absolute atomic E-state index is 0.0336. The Hall–Kier alpha value is -4.16. The van der Waals surface area contributed by atoms with E-state index in [9.17, 15) is 24.3 Å². The predicted octanol–water partition coefficient (Wildman–Crippen LogP) is 3.15. The number of aliphatic hydroxyl groups is 1. The Bertz CT molecular complexity index is 1320. The van der Waals surface area contributed by atoms with Crippen molar-refractivity contribution in [1.29, 1.82) is 0 Å². The summed E-state index contributed by atoms with van der Waals surface area (Å²) in [4.78, 5) is 51.1. The molecule has 0 radical (unpaired) electrons. The number of benzene rings is 2. The van der Waals surface area contributed by atoms with Gasteiger partial charge in [0.25, 0.3) is 5.91 Å². The lowest BCUT2D eigenvalue weighted by molar-refractivity contribution is -0.139. The number of ether oxygens (including phenoxy) is 2. The van der Waals surface area contributed by atoms with Crippen molar-refractivity contribution in [3.63, 3.8) is 0 Å². The lowest BCUT2D eigenvalue weighted by atomic mass is 9.58. The molecule has 1 aliphatic carbocycles. The average molecular weight is 640 g/mol. The van der Waals surface area contributed by atoms with Crippen molar-refractivity contribution >= 4 is 24.0 Å². The first-order chi connectivity index (χ1) is 21.6. The molecule has 12 heteroatoms. The smallest absolute Gasteiger partial charge is 0.407 e. The van der Waals surface area contributed by atoms with E-state index in [1.807, 2.05) is 95.3 Å². The van der Waals surface area contributed by atoms with Gasteiger partial charge in [-0.15, -0.1) is 0 Å². The van der Waals surface area contributed by atoms with E-state index in [1.165, 1.54) is 14.2 Å². The first-order valence-electron chi connectivity index (χ1n) is 15.5. The van der Waals surface area contributed by atoms with Crippen LogP contribution < -0.4 is 21.4 Å². The molecule has 4 amide bonds. The normalized spacial score (nSPS) is 19.1. The number of carbonyl (C=O) groups is 4. The highest BCUT2D eigenvalue weighted by Crippen LogP contribution is 2.46. The van der Waals surface area contributed by atoms with Crippen molar-refractivity contribution in [2.45, 2.75) is 78.2 Å². The van der Waals surface area contributed by atoms with Crippen molar-refractivity contribution in [1.82, 2.24) is 26.4 Å². The second-order valence-electron chi connectivity index (χ2n) is 13.4. The van der Waals surface area contributed by atoms with Gasteiger partial charge in [-0.25, -0.2) is 14.6 Å². The molecule has 0 bridgehead atoms. The van der Waals surface area contributed by atoms with E-state index in [-0.39, 0.29) is 25.0 Å². The Labute approximate surface area is 271 Å². The molecule has 0 spiro atoms. The fraction of sp³-hybridized carbons (Fsp3) is 0.529. The Morgan fingerprint density at radius 2 is 1.48 bits per heavy atom. The second-order valence-corrected chi connectivity index (χ2v) is 13.4. The van der Waals surface area contributed by atoms with Crippen LogP contribution in [0.5, 0.6) is 0 Å². The number of aliphatic hydroxyl groups excluding tert-OH is 1. The molecule has 2 aromatic rings. The van der Waals surface area contributed by atoms with Gasteiger partial charge < -0.3 is 30.5 Å². The fourth-order valence-corrected chi connectivity index (χ4v) is 5.63. The summed E-state index contributed by atoms with van der Waals surface area (Å²) in [5.41, 5.74) is 3.49. The van der Waals surface area contributed by atoms with Gasteiger partial charge >= 0.3 is 12.2 Å². The molecule has 0 heterocycles. The van der Waals surface area contributed by atoms with Crippen LogP contribution in [0.3, 0.4) is 0 Å². The third-order valence-electron chi connectivity index (χ3n) is 8.62. The predicted molar refractivity (Wildman–Crippen MR) is 173 cm³/mol. The van der Waals surface area contributed by atoms with Gasteiger partial charge in [-0.2, -0.15) is 0 Å². The summed E-state index contributed by atoms with van der Waals surface area (Å²) in [7, 11) is 2.52. The lowest BCUT2D eigenvalue weighted by Gasteiger charge is -2.51. The summed E-state index contributed by atoms with van der Waals surface area (Å²) < 4.78 is 9.47. The van der Waals surface area contributed by atoms with Crippen molar-refractivity contribution in [3.8, 4) is 0 Å². The Morgan fingerprint density at radius 3 is 2.00 bits per heavy atom. The molecule has 3 rings (SSSR count). The quantitative estimate of drug-likeness (QED) is 0.209. The maximum atomic E-state index is 13.6. The number of rotatable bonds is 13. The molecular formula is C34H49N5O7. The van der Waals surface area contributed by atoms with Crippen LogP contribution in [0.25, 0.3) is 0 Å². The third kappa shape index (κ3) is 9.92. The van der Waals surface area contributed by atoms with Crippen molar-refractivity contribution < 1.29 is 33.8 Å². The zero-order chi connectivity index (χ0) is 34.1. The van der Waals surface area contributed by atoms with Crippen LogP contribution in [0.4, 0.5) is 9.59 Å². The largest absolute Gasteiger partial charge is 0.453 e. The molecule has 1 aliphatic rings. The highest BCUT2D eigenvalue weighted by Gasteiger charge is 2.53. The maximum Gasteiger partial charge on any atom is 0.407 e. The topological polar surface area (TPSA) is 158 Å². The second kappa shape index (κ2) is 15.9. The van der Waals surface area contributed by atoms with Gasteiger partial charge in [0.1, 0.15) is 6.04 Å². The summed E-state index contributed by atoms with van der Waals surface area (Å²) in [5, 5.41) is 21.8. The zero-order valence-corrected chi connectivity index (χ0v) is 27.8. The highest BCUT2D eigenvalue weighted by atomic mass is 16.5. The van der Waals surface area contributed by atoms with Crippen LogP contribution in [0.2, 0.25) is 0 Å². The monoisotopic (exact) mass is 639 g/mol. The summed E-state index contributed by atoms with van der Waals surface area (Å²) in [6, 6.07) is 17.1. The molecule has 2 aromatic carbocycles. The minimum Gasteiger partial charge on any atom is -0.453 e. The summed E-state index contributed by atoms with van der Waals surface area (Å²) >= 11 is 0. The number of alkyl carbamates (subject to hydrolysis) is 2. The summed E-state index contributed by atoms with van der Waals surface area (Å²) in [5.74, 6) is -1.12. The fourth-order valence-electron chi connectivity index (χ4n) is 5.63. The zero-order valence-electron chi connectivity index (χ0n) is 27.8. The van der Waals surface area contributed by atoms with Gasteiger partial charge in [0.15, 0.2) is 0 Å². The maximum absolute atomic E-state index is 13.6. The number of amides is 4. The molecule has 0 aromatic heterocycles. The van der Waals surface area contributed by atoms with E-state index < -0.39 is 53.0 Å². The number of nitrogens with one attached hydrogen (secondary N) is 4. The molecule has 46 heavy (non-hydrogen) atoms. The highest BCUT2D eigenvalue weighted by molar-refractivity contribution is 5.86. The molecule has 5 atom stereocenters. The van der Waals surface area contributed by atoms with Crippen LogP contribution in [0.15, 0.2) is 60.7 Å². The minimum atomic E-state index is -1.11. The van der Waals surface area contributed by atoms with Gasteiger partial charge in [-0.3, -0.25) is 15.0 Å². The van der Waals surface area contributed by atoms with Gasteiger partial charge in [0.2, 0.25) is 5.91 Å². The van der Waals surface area contributed by atoms with Crippen LogP contribution >= 0.6 is 0 Å². The molecule has 1 saturated carbocycles. The molecule has 12 nitrogen and oxygen atoms in total. The van der Waals surface area contributed by atoms with E-state index in [0.29, 0.717) is 12.8 Å². The van der Waals surface area contributed by atoms with E-state index in [4.69, 9.17) is 9.47 Å². The Balaban J connectivity index is 1.83. The van der Waals surface area contributed by atoms with Gasteiger partial charge in [-0.05, 0) is 34.8 Å². The van der Waals surface area contributed by atoms with Crippen LogP contribution in [-0.2, 0) is 32.0 Å². The molecule has 0 saturated heterocycles. The molecular weight excluding hydrogens is 590 g/mol. The van der Waals surface area contributed by atoms with Crippen molar-refractivity contribution in [2.24, 2.45) is 16.7 Å². The van der Waals surface area contributed by atoms with Crippen molar-refractivity contribution in [2.75, 3.05) is 20.8 Å². The first kappa shape index (κ1) is 36.3. The summed E-state index contributed by atoms with van der Waals surface area (Å²) in [6.45, 7) is 9.51. The van der Waals surface area contributed by atoms with Gasteiger partial charge in [0, 0.05) is 25.0 Å². The standard InChI is InChI=1S/C34H49N5O7/c1-33(2,3)28(37-32(44)46-7)30(42)38-39(20-23-16-12-9-13-17-23)21-26(40)25(18-22-14-10-8-11-15-22)35-29(41)24-19-27(34(24,4)5)36-31(43)45-6/h8-17,24-28,40H,18-21H2,1-7H3,(H,35,41)(H,36,43)(H,37,44)(H,38,42)/t24-,25+,26+,27-,28-/m1/s1. The van der Waals surface area contributed by atoms with E-state index in [1.54, 1.807) is 5.01 Å². The SMILES string of the molecule is COC(=O)N[C@H](C(=O)NN(Cc1ccccc1)C[C@H](O)[C@H](Cc1ccccc1)NC(=O)[C@H]1C[C@@H](NC(=O)OC)C1(C)C)C(C)(C)C. The number of hydrazine groups is 1. The summed E-state index contributed by atoms with van der Waals surface area (Å²) in [6.07, 6.45) is -1.63. The number of hydrogen-bond donors (Lipinski definition) is 5. The van der Waals surface area contributed by atoms with Crippen LogP contribution in [-0.4, -0.2) is 79.1 Å². The van der Waals surface area contributed by atoms with Crippen molar-refractivity contribution in [3.05, 3.63) is 71.8 Å². The molecule has 252 valence electrons. The van der Waals surface area contributed by atoms with E-state index >= 15 is 0 Å². The molecule has 5 N–H and O–H groups in total. The third-order valence-corrected chi connectivity index (χ3v) is 8.62. The first-order valence-corrected chi connectivity index (χ1v) is 15.5. The molecule has 0 unspecified atom stereocenters. The Kier molecular flexibility index (Phi) is 12.6. The number of methoxy groups -OCH3 is 2. The van der Waals surface area contributed by atoms with E-state index in [0.717, 1.165) is 11.1 Å². The number of carbonyl (C=O) groups excluding carboxylic acids is 4. The van der Waals surface area contributed by atoms with Crippen LogP contribution in [0, 0.1) is 16.7 Å². The molecule has 1 fully saturated rings. The van der Waals surface area contributed by atoms with Gasteiger partial charge in [0.05, 0.1) is 26.4 Å². The van der Waals surface area contributed by atoms with Crippen LogP contribution in [0.1, 0.15) is 52.2 Å². The Morgan fingerprint density at radius 1 is 0.913 bits per heavy atom. The lowest BCUT2D eigenvalue weighted by Crippen LogP contribution is -2.64. The number of hydrogen-bond acceptors (Lipinski definition) is 8. The van der Waals surface area contributed by atoms with Gasteiger partial charge in [-0.1, -0.05) is 95.3 Å². The van der Waals surface area contributed by atoms with E-state index in [2.05, 4.69) is 21.4 Å². The average Bonchev–Trinajstić information content (AvgIpc) is 3.01. The molecule has 0 aliphatic heterocycles.